The minimum atomic E-state index is -4.44. The van der Waals surface area contributed by atoms with Crippen LogP contribution >= 0.6 is 0 Å². The SMILES string of the molecule is COc1cccc(CN2CCNC(=O)C2CC(=O)NCc2cccc(C(F)(F)F)c2)c1. The fourth-order valence-corrected chi connectivity index (χ4v) is 3.48. The first kappa shape index (κ1) is 22.6. The molecule has 0 radical (unpaired) electrons. The molecule has 2 aromatic carbocycles. The van der Waals surface area contributed by atoms with Crippen molar-refractivity contribution in [3.8, 4) is 5.75 Å². The maximum Gasteiger partial charge on any atom is 0.416 e. The van der Waals surface area contributed by atoms with Crippen LogP contribution in [0.2, 0.25) is 0 Å². The van der Waals surface area contributed by atoms with E-state index >= 15 is 0 Å². The van der Waals surface area contributed by atoms with E-state index in [0.29, 0.717) is 30.9 Å². The highest BCUT2D eigenvalue weighted by Crippen LogP contribution is 2.29. The van der Waals surface area contributed by atoms with Crippen molar-refractivity contribution < 1.29 is 27.5 Å². The van der Waals surface area contributed by atoms with Gasteiger partial charge in [-0.25, -0.2) is 0 Å². The first-order valence-corrected chi connectivity index (χ1v) is 9.84. The van der Waals surface area contributed by atoms with Gasteiger partial charge >= 0.3 is 6.18 Å². The van der Waals surface area contributed by atoms with Crippen molar-refractivity contribution in [3.05, 3.63) is 65.2 Å². The molecule has 1 aliphatic rings. The summed E-state index contributed by atoms with van der Waals surface area (Å²) < 4.78 is 43.8. The van der Waals surface area contributed by atoms with E-state index < -0.39 is 23.7 Å². The molecule has 1 heterocycles. The van der Waals surface area contributed by atoms with Gasteiger partial charge in [0.05, 0.1) is 25.1 Å². The van der Waals surface area contributed by atoms with Gasteiger partial charge in [0.15, 0.2) is 0 Å². The number of benzene rings is 2. The summed E-state index contributed by atoms with van der Waals surface area (Å²) in [6.45, 7) is 1.48. The van der Waals surface area contributed by atoms with Crippen LogP contribution in [-0.4, -0.2) is 43.0 Å². The molecule has 0 aliphatic carbocycles. The Bertz CT molecular complexity index is 933. The quantitative estimate of drug-likeness (QED) is 0.702. The maximum absolute atomic E-state index is 12.8. The number of nitrogens with one attached hydrogen (secondary N) is 2. The van der Waals surface area contributed by atoms with E-state index in [-0.39, 0.29) is 18.9 Å². The molecule has 31 heavy (non-hydrogen) atoms. The van der Waals surface area contributed by atoms with E-state index in [4.69, 9.17) is 4.74 Å². The molecule has 1 saturated heterocycles. The van der Waals surface area contributed by atoms with Gasteiger partial charge in [0, 0.05) is 26.2 Å². The molecule has 0 bridgehead atoms. The number of piperazine rings is 1. The smallest absolute Gasteiger partial charge is 0.416 e. The van der Waals surface area contributed by atoms with Crippen molar-refractivity contribution in [2.45, 2.75) is 31.7 Å². The number of alkyl halides is 3. The summed E-state index contributed by atoms with van der Waals surface area (Å²) in [5, 5.41) is 5.38. The molecule has 1 unspecified atom stereocenters. The number of carbonyl (C=O) groups excluding carboxylic acids is 2. The van der Waals surface area contributed by atoms with Crippen LogP contribution in [0.1, 0.15) is 23.1 Å². The zero-order valence-corrected chi connectivity index (χ0v) is 17.0. The third-order valence-electron chi connectivity index (χ3n) is 5.08. The fourth-order valence-electron chi connectivity index (χ4n) is 3.48. The number of rotatable bonds is 7. The van der Waals surface area contributed by atoms with Gasteiger partial charge in [-0.15, -0.1) is 0 Å². The Morgan fingerprint density at radius 1 is 1.19 bits per heavy atom. The summed E-state index contributed by atoms with van der Waals surface area (Å²) in [4.78, 5) is 26.8. The van der Waals surface area contributed by atoms with Crippen molar-refractivity contribution in [1.82, 2.24) is 15.5 Å². The molecular formula is C22H24F3N3O3. The summed E-state index contributed by atoms with van der Waals surface area (Å²) >= 11 is 0. The molecule has 3 rings (SSSR count). The Morgan fingerprint density at radius 2 is 1.94 bits per heavy atom. The van der Waals surface area contributed by atoms with Crippen molar-refractivity contribution in [3.63, 3.8) is 0 Å². The van der Waals surface area contributed by atoms with Crippen molar-refractivity contribution >= 4 is 11.8 Å². The van der Waals surface area contributed by atoms with Gasteiger partial charge in [-0.3, -0.25) is 14.5 Å². The Balaban J connectivity index is 1.61. The van der Waals surface area contributed by atoms with Crippen LogP contribution in [0.3, 0.4) is 0 Å². The fraction of sp³-hybridized carbons (Fsp3) is 0.364. The highest BCUT2D eigenvalue weighted by atomic mass is 19.4. The van der Waals surface area contributed by atoms with Gasteiger partial charge in [0.1, 0.15) is 5.75 Å². The number of ether oxygens (including phenoxy) is 1. The first-order chi connectivity index (χ1) is 14.8. The lowest BCUT2D eigenvalue weighted by molar-refractivity contribution is -0.137. The van der Waals surface area contributed by atoms with E-state index in [1.54, 1.807) is 7.11 Å². The van der Waals surface area contributed by atoms with Crippen LogP contribution in [0.5, 0.6) is 5.75 Å². The molecule has 9 heteroatoms. The topological polar surface area (TPSA) is 70.7 Å². The highest BCUT2D eigenvalue weighted by Gasteiger charge is 2.32. The number of halogens is 3. The van der Waals surface area contributed by atoms with Crippen molar-refractivity contribution in [1.29, 1.82) is 0 Å². The largest absolute Gasteiger partial charge is 0.497 e. The molecule has 2 aromatic rings. The summed E-state index contributed by atoms with van der Waals surface area (Å²) in [5.74, 6) is 0.0489. The molecule has 166 valence electrons. The van der Waals surface area contributed by atoms with Crippen LogP contribution < -0.4 is 15.4 Å². The predicted molar refractivity (Wildman–Crippen MR) is 108 cm³/mol. The lowest BCUT2D eigenvalue weighted by Crippen LogP contribution is -2.56. The van der Waals surface area contributed by atoms with E-state index in [1.165, 1.54) is 12.1 Å². The highest BCUT2D eigenvalue weighted by molar-refractivity contribution is 5.88. The number of hydrogen-bond donors (Lipinski definition) is 2. The second-order valence-corrected chi connectivity index (χ2v) is 7.31. The molecule has 0 saturated carbocycles. The zero-order valence-electron chi connectivity index (χ0n) is 17.0. The maximum atomic E-state index is 12.8. The average Bonchev–Trinajstić information content (AvgIpc) is 2.74. The molecule has 2 amide bonds. The van der Waals surface area contributed by atoms with Gasteiger partial charge in [-0.1, -0.05) is 24.3 Å². The van der Waals surface area contributed by atoms with Gasteiger partial charge in [-0.05, 0) is 35.4 Å². The third kappa shape index (κ3) is 6.21. The molecule has 0 spiro atoms. The number of amides is 2. The Kier molecular flexibility index (Phi) is 7.17. The van der Waals surface area contributed by atoms with Gasteiger partial charge in [-0.2, -0.15) is 13.2 Å². The van der Waals surface area contributed by atoms with Gasteiger partial charge < -0.3 is 15.4 Å². The van der Waals surface area contributed by atoms with E-state index in [0.717, 1.165) is 17.7 Å². The van der Waals surface area contributed by atoms with E-state index in [9.17, 15) is 22.8 Å². The second-order valence-electron chi connectivity index (χ2n) is 7.31. The number of nitrogens with zero attached hydrogens (tertiary/aromatic N) is 1. The number of hydrogen-bond acceptors (Lipinski definition) is 4. The average molecular weight is 435 g/mol. The molecule has 6 nitrogen and oxygen atoms in total. The number of methoxy groups -OCH3 is 1. The van der Waals surface area contributed by atoms with Crippen LogP contribution in [0.25, 0.3) is 0 Å². The standard InChI is InChI=1S/C22H24F3N3O3/c1-31-18-7-3-5-16(11-18)14-28-9-8-26-21(30)19(28)12-20(29)27-13-15-4-2-6-17(10-15)22(23,24)25/h2-7,10-11,19H,8-9,12-14H2,1H3,(H,26,30)(H,27,29). The molecular weight excluding hydrogens is 411 g/mol. The van der Waals surface area contributed by atoms with Gasteiger partial charge in [0.25, 0.3) is 0 Å². The van der Waals surface area contributed by atoms with E-state index in [2.05, 4.69) is 10.6 Å². The summed E-state index contributed by atoms with van der Waals surface area (Å²) in [6.07, 6.45) is -4.53. The lowest BCUT2D eigenvalue weighted by Gasteiger charge is -2.34. The molecule has 1 aliphatic heterocycles. The second kappa shape index (κ2) is 9.82. The summed E-state index contributed by atoms with van der Waals surface area (Å²) in [6, 6.07) is 11.6. The first-order valence-electron chi connectivity index (χ1n) is 9.84. The van der Waals surface area contributed by atoms with Crippen LogP contribution in [0.4, 0.5) is 13.2 Å². The summed E-state index contributed by atoms with van der Waals surface area (Å²) in [7, 11) is 1.57. The Morgan fingerprint density at radius 3 is 2.68 bits per heavy atom. The van der Waals surface area contributed by atoms with Crippen molar-refractivity contribution in [2.24, 2.45) is 0 Å². The molecule has 2 N–H and O–H groups in total. The predicted octanol–water partition coefficient (Wildman–Crippen LogP) is 2.72. The monoisotopic (exact) mass is 435 g/mol. The molecule has 0 aromatic heterocycles. The van der Waals surface area contributed by atoms with Crippen molar-refractivity contribution in [2.75, 3.05) is 20.2 Å². The third-order valence-corrected chi connectivity index (χ3v) is 5.08. The normalized spacial score (nSPS) is 17.2. The van der Waals surface area contributed by atoms with Crippen LogP contribution in [0.15, 0.2) is 48.5 Å². The minimum absolute atomic E-state index is 0.0486. The zero-order chi connectivity index (χ0) is 22.4. The van der Waals surface area contributed by atoms with Crippen LogP contribution in [-0.2, 0) is 28.9 Å². The lowest BCUT2D eigenvalue weighted by atomic mass is 10.1. The Labute approximate surface area is 178 Å². The minimum Gasteiger partial charge on any atom is -0.497 e. The van der Waals surface area contributed by atoms with Crippen LogP contribution in [0, 0.1) is 0 Å². The van der Waals surface area contributed by atoms with Gasteiger partial charge in [0.2, 0.25) is 11.8 Å². The molecule has 1 atom stereocenters. The molecule has 1 fully saturated rings. The summed E-state index contributed by atoms with van der Waals surface area (Å²) in [5.41, 5.74) is 0.517. The van der Waals surface area contributed by atoms with E-state index in [1.807, 2.05) is 29.2 Å². The Hall–Kier alpha value is -3.07. The number of carbonyl (C=O) groups is 2.